The highest BCUT2D eigenvalue weighted by atomic mass is 32.2. The van der Waals surface area contributed by atoms with Gasteiger partial charge >= 0.3 is 0 Å². The van der Waals surface area contributed by atoms with Gasteiger partial charge in [0.1, 0.15) is 0 Å². The van der Waals surface area contributed by atoms with Crippen molar-refractivity contribution in [3.63, 3.8) is 0 Å². The summed E-state index contributed by atoms with van der Waals surface area (Å²) in [6, 6.07) is 0.756. The van der Waals surface area contributed by atoms with E-state index in [1.165, 1.54) is 18.4 Å². The van der Waals surface area contributed by atoms with Gasteiger partial charge in [-0.25, -0.2) is 0 Å². The first-order valence-electron chi connectivity index (χ1n) is 5.18. The van der Waals surface area contributed by atoms with Crippen LogP contribution in [0.2, 0.25) is 0 Å². The maximum atomic E-state index is 4.12. The number of hydrogen-bond acceptors (Lipinski definition) is 6. The highest BCUT2D eigenvalue weighted by molar-refractivity contribution is 8.03. The Morgan fingerprint density at radius 2 is 2.25 bits per heavy atom. The van der Waals surface area contributed by atoms with E-state index in [0.29, 0.717) is 0 Å². The summed E-state index contributed by atoms with van der Waals surface area (Å²) in [5.74, 6) is 0.933. The zero-order valence-electron chi connectivity index (χ0n) is 9.23. The minimum Gasteiger partial charge on any atom is -0.310 e. The predicted octanol–water partition coefficient (Wildman–Crippen LogP) is 2.66. The molecule has 1 aromatic heterocycles. The van der Waals surface area contributed by atoms with Crippen molar-refractivity contribution in [2.75, 3.05) is 18.6 Å². The fourth-order valence-corrected chi connectivity index (χ4v) is 3.47. The SMILES string of the molecule is C=C(CNC1CC1)CSc1nnc(SC)s1. The van der Waals surface area contributed by atoms with E-state index in [1.807, 2.05) is 6.26 Å². The van der Waals surface area contributed by atoms with Crippen LogP contribution in [0.25, 0.3) is 0 Å². The molecular formula is C10H15N3S3. The predicted molar refractivity (Wildman–Crippen MR) is 72.6 cm³/mol. The van der Waals surface area contributed by atoms with Gasteiger partial charge in [0.25, 0.3) is 0 Å². The zero-order chi connectivity index (χ0) is 11.4. The molecule has 0 aliphatic heterocycles. The van der Waals surface area contributed by atoms with Gasteiger partial charge in [-0.1, -0.05) is 47.0 Å². The van der Waals surface area contributed by atoms with Gasteiger partial charge < -0.3 is 5.32 Å². The second-order valence-electron chi connectivity index (χ2n) is 3.73. The zero-order valence-corrected chi connectivity index (χ0v) is 11.7. The van der Waals surface area contributed by atoms with E-state index >= 15 is 0 Å². The largest absolute Gasteiger partial charge is 0.310 e. The van der Waals surface area contributed by atoms with Crippen molar-refractivity contribution in [3.8, 4) is 0 Å². The number of nitrogens with zero attached hydrogens (tertiary/aromatic N) is 2. The lowest BCUT2D eigenvalue weighted by Crippen LogP contribution is -2.19. The summed E-state index contributed by atoms with van der Waals surface area (Å²) >= 11 is 5.03. The van der Waals surface area contributed by atoms with E-state index in [1.54, 1.807) is 34.9 Å². The van der Waals surface area contributed by atoms with Gasteiger partial charge in [0.05, 0.1) is 0 Å². The van der Waals surface area contributed by atoms with Crippen molar-refractivity contribution in [3.05, 3.63) is 12.2 Å². The average Bonchev–Trinajstić information content (AvgIpc) is 3.01. The molecular weight excluding hydrogens is 258 g/mol. The average molecular weight is 273 g/mol. The Hall–Kier alpha value is -0.0400. The van der Waals surface area contributed by atoms with Crippen LogP contribution >= 0.6 is 34.9 Å². The van der Waals surface area contributed by atoms with Crippen LogP contribution in [-0.2, 0) is 0 Å². The van der Waals surface area contributed by atoms with Crippen LogP contribution in [0.15, 0.2) is 20.8 Å². The second-order valence-corrected chi connectivity index (χ2v) is 6.99. The Morgan fingerprint density at radius 1 is 1.50 bits per heavy atom. The van der Waals surface area contributed by atoms with Crippen LogP contribution in [0, 0.1) is 0 Å². The molecule has 16 heavy (non-hydrogen) atoms. The number of rotatable bonds is 7. The first kappa shape index (κ1) is 12.4. The molecule has 0 radical (unpaired) electrons. The molecule has 0 unspecified atom stereocenters. The van der Waals surface area contributed by atoms with Gasteiger partial charge in [-0.15, -0.1) is 10.2 Å². The standard InChI is InChI=1S/C10H15N3S3/c1-7(5-11-8-3-4-8)6-15-10-13-12-9(14-2)16-10/h8,11H,1,3-6H2,2H3. The molecule has 1 N–H and O–H groups in total. The highest BCUT2D eigenvalue weighted by Crippen LogP contribution is 2.28. The van der Waals surface area contributed by atoms with Gasteiger partial charge in [0, 0.05) is 18.3 Å². The molecule has 0 aromatic carbocycles. The van der Waals surface area contributed by atoms with Crippen LogP contribution in [-0.4, -0.2) is 34.8 Å². The molecule has 0 amide bonds. The summed E-state index contributed by atoms with van der Waals surface area (Å²) in [7, 11) is 0. The van der Waals surface area contributed by atoms with E-state index in [9.17, 15) is 0 Å². The maximum Gasteiger partial charge on any atom is 0.175 e. The molecule has 3 nitrogen and oxygen atoms in total. The Labute approximate surface area is 108 Å². The van der Waals surface area contributed by atoms with Crippen LogP contribution in [0.4, 0.5) is 0 Å². The van der Waals surface area contributed by atoms with Crippen molar-refractivity contribution in [1.82, 2.24) is 15.5 Å². The molecule has 1 heterocycles. The Morgan fingerprint density at radius 3 is 2.88 bits per heavy atom. The molecule has 88 valence electrons. The van der Waals surface area contributed by atoms with Gasteiger partial charge in [0.15, 0.2) is 8.68 Å². The van der Waals surface area contributed by atoms with Crippen LogP contribution < -0.4 is 5.32 Å². The van der Waals surface area contributed by atoms with Gasteiger partial charge in [-0.2, -0.15) is 0 Å². The Bertz CT molecular complexity index is 360. The number of aromatic nitrogens is 2. The molecule has 1 saturated carbocycles. The fourth-order valence-electron chi connectivity index (χ4n) is 1.13. The summed E-state index contributed by atoms with van der Waals surface area (Å²) < 4.78 is 2.07. The van der Waals surface area contributed by atoms with Crippen molar-refractivity contribution in [1.29, 1.82) is 0 Å². The Kier molecular flexibility index (Phi) is 4.69. The van der Waals surface area contributed by atoms with E-state index in [4.69, 9.17) is 0 Å². The summed E-state index contributed by atoms with van der Waals surface area (Å²) in [5.41, 5.74) is 1.23. The topological polar surface area (TPSA) is 37.8 Å². The van der Waals surface area contributed by atoms with Crippen LogP contribution in [0.1, 0.15) is 12.8 Å². The third-order valence-electron chi connectivity index (χ3n) is 2.18. The van der Waals surface area contributed by atoms with Crippen molar-refractivity contribution in [2.45, 2.75) is 27.6 Å². The monoisotopic (exact) mass is 273 g/mol. The summed E-state index contributed by atoms with van der Waals surface area (Å²) in [6.45, 7) is 5.00. The molecule has 0 bridgehead atoms. The molecule has 0 atom stereocenters. The summed E-state index contributed by atoms with van der Waals surface area (Å²) in [6.07, 6.45) is 4.68. The number of hydrogen-bond donors (Lipinski definition) is 1. The lowest BCUT2D eigenvalue weighted by atomic mass is 10.3. The summed E-state index contributed by atoms with van der Waals surface area (Å²) in [4.78, 5) is 0. The first-order chi connectivity index (χ1) is 7.78. The van der Waals surface area contributed by atoms with Crippen molar-refractivity contribution < 1.29 is 0 Å². The van der Waals surface area contributed by atoms with Crippen LogP contribution in [0.3, 0.4) is 0 Å². The molecule has 1 aromatic rings. The molecule has 1 aliphatic rings. The second kappa shape index (κ2) is 6.05. The van der Waals surface area contributed by atoms with E-state index in [2.05, 4.69) is 22.1 Å². The molecule has 6 heteroatoms. The third kappa shape index (κ3) is 4.08. The minimum absolute atomic E-state index is 0.756. The van der Waals surface area contributed by atoms with Crippen LogP contribution in [0.5, 0.6) is 0 Å². The minimum atomic E-state index is 0.756. The molecule has 0 saturated heterocycles. The number of nitrogens with one attached hydrogen (secondary N) is 1. The third-order valence-corrected chi connectivity index (χ3v) is 5.36. The fraction of sp³-hybridized carbons (Fsp3) is 0.600. The number of thioether (sulfide) groups is 2. The highest BCUT2D eigenvalue weighted by Gasteiger charge is 2.20. The first-order valence-corrected chi connectivity index (χ1v) is 8.21. The lowest BCUT2D eigenvalue weighted by molar-refractivity contribution is 0.736. The summed E-state index contributed by atoms with van der Waals surface area (Å²) in [5, 5.41) is 11.6. The molecule has 1 fully saturated rings. The lowest BCUT2D eigenvalue weighted by Gasteiger charge is -2.04. The van der Waals surface area contributed by atoms with Crippen molar-refractivity contribution >= 4 is 34.9 Å². The maximum absolute atomic E-state index is 4.12. The van der Waals surface area contributed by atoms with E-state index in [-0.39, 0.29) is 0 Å². The molecule has 0 spiro atoms. The van der Waals surface area contributed by atoms with E-state index in [0.717, 1.165) is 27.0 Å². The molecule has 2 rings (SSSR count). The molecule has 1 aliphatic carbocycles. The normalized spacial score (nSPS) is 15.3. The van der Waals surface area contributed by atoms with Crippen molar-refractivity contribution in [2.24, 2.45) is 0 Å². The van der Waals surface area contributed by atoms with Gasteiger partial charge in [0.2, 0.25) is 0 Å². The quantitative estimate of drug-likeness (QED) is 0.611. The Balaban J connectivity index is 1.67. The van der Waals surface area contributed by atoms with Gasteiger partial charge in [-0.05, 0) is 19.1 Å². The van der Waals surface area contributed by atoms with E-state index < -0.39 is 0 Å². The van der Waals surface area contributed by atoms with Gasteiger partial charge in [-0.3, -0.25) is 0 Å². The smallest absolute Gasteiger partial charge is 0.175 e.